The Bertz CT molecular complexity index is 748. The minimum atomic E-state index is -0.783. The van der Waals surface area contributed by atoms with E-state index in [1.807, 2.05) is 36.4 Å². The second-order valence-corrected chi connectivity index (χ2v) is 6.40. The van der Waals surface area contributed by atoms with Crippen LogP contribution in [0, 0.1) is 0 Å². The van der Waals surface area contributed by atoms with Gasteiger partial charge in [-0.05, 0) is 57.7 Å². The molecule has 0 amide bonds. The molecular formula is C18H18BrNO4. The number of aryl methyl sites for hydroxylation is 1. The van der Waals surface area contributed by atoms with Gasteiger partial charge in [0.25, 0.3) is 0 Å². The highest BCUT2D eigenvalue weighted by molar-refractivity contribution is 9.10. The van der Waals surface area contributed by atoms with Gasteiger partial charge in [0, 0.05) is 18.7 Å². The van der Waals surface area contributed by atoms with Crippen LogP contribution in [0.2, 0.25) is 0 Å². The van der Waals surface area contributed by atoms with Gasteiger partial charge in [0.05, 0.1) is 4.47 Å². The van der Waals surface area contributed by atoms with E-state index in [9.17, 15) is 4.79 Å². The van der Waals surface area contributed by atoms with Crippen molar-refractivity contribution >= 4 is 27.6 Å². The Hall–Kier alpha value is -2.21. The predicted molar refractivity (Wildman–Crippen MR) is 94.9 cm³/mol. The van der Waals surface area contributed by atoms with Crippen molar-refractivity contribution in [2.75, 3.05) is 18.5 Å². The molecule has 0 spiro atoms. The van der Waals surface area contributed by atoms with Crippen molar-refractivity contribution in [2.45, 2.75) is 19.4 Å². The molecule has 1 aliphatic rings. The van der Waals surface area contributed by atoms with Crippen molar-refractivity contribution in [2.24, 2.45) is 0 Å². The zero-order valence-electron chi connectivity index (χ0n) is 13.0. The van der Waals surface area contributed by atoms with Crippen molar-refractivity contribution in [3.63, 3.8) is 0 Å². The van der Waals surface area contributed by atoms with Crippen LogP contribution in [0.5, 0.6) is 11.5 Å². The van der Waals surface area contributed by atoms with E-state index in [4.69, 9.17) is 14.6 Å². The molecule has 0 saturated carbocycles. The molecule has 126 valence electrons. The molecule has 0 unspecified atom stereocenters. The molecule has 1 heterocycles. The number of carbonyl (C=O) groups is 1. The van der Waals surface area contributed by atoms with E-state index in [2.05, 4.69) is 21.2 Å². The van der Waals surface area contributed by atoms with Crippen LogP contribution in [-0.4, -0.2) is 24.3 Å². The summed E-state index contributed by atoms with van der Waals surface area (Å²) in [4.78, 5) is 10.7. The van der Waals surface area contributed by atoms with Gasteiger partial charge in [0.2, 0.25) is 0 Å². The van der Waals surface area contributed by atoms with Gasteiger partial charge in [0.1, 0.15) is 13.2 Å². The molecule has 5 nitrogen and oxygen atoms in total. The quantitative estimate of drug-likeness (QED) is 0.782. The number of aliphatic carboxylic acids is 1. The number of hydrogen-bond acceptors (Lipinski definition) is 4. The molecule has 1 aliphatic heterocycles. The van der Waals surface area contributed by atoms with E-state index in [-0.39, 0.29) is 6.42 Å². The maximum atomic E-state index is 10.7. The van der Waals surface area contributed by atoms with Crippen LogP contribution < -0.4 is 14.8 Å². The Morgan fingerprint density at radius 2 is 2.00 bits per heavy atom. The predicted octanol–water partition coefficient (Wildman–Crippen LogP) is 3.85. The Balaban J connectivity index is 1.66. The molecule has 2 aromatic rings. The monoisotopic (exact) mass is 391 g/mol. The van der Waals surface area contributed by atoms with E-state index >= 15 is 0 Å². The van der Waals surface area contributed by atoms with Crippen LogP contribution in [0.3, 0.4) is 0 Å². The summed E-state index contributed by atoms with van der Waals surface area (Å²) in [6.45, 7) is 1.76. The molecule has 0 aromatic heterocycles. The van der Waals surface area contributed by atoms with Gasteiger partial charge in [-0.3, -0.25) is 4.79 Å². The summed E-state index contributed by atoms with van der Waals surface area (Å²) in [5, 5.41) is 12.1. The fourth-order valence-electron chi connectivity index (χ4n) is 2.56. The van der Waals surface area contributed by atoms with Crippen LogP contribution in [0.15, 0.2) is 40.9 Å². The third-order valence-electron chi connectivity index (χ3n) is 3.71. The van der Waals surface area contributed by atoms with E-state index in [0.717, 1.165) is 32.8 Å². The lowest BCUT2D eigenvalue weighted by Crippen LogP contribution is -2.16. The van der Waals surface area contributed by atoms with Gasteiger partial charge in [-0.2, -0.15) is 0 Å². The first-order chi connectivity index (χ1) is 11.6. The standard InChI is InChI=1S/C18H18BrNO4/c19-15-9-13(10-16-18(15)24-7-6-23-16)11-20-14-3-1-2-12(8-14)4-5-17(21)22/h1-3,8-10,20H,4-7,11H2,(H,21,22). The summed E-state index contributed by atoms with van der Waals surface area (Å²) in [6, 6.07) is 11.8. The van der Waals surface area contributed by atoms with E-state index in [1.165, 1.54) is 0 Å². The van der Waals surface area contributed by atoms with Crippen molar-refractivity contribution in [3.8, 4) is 11.5 Å². The fraction of sp³-hybridized carbons (Fsp3) is 0.278. The number of halogens is 1. The number of hydrogen-bond donors (Lipinski definition) is 2. The number of anilines is 1. The second-order valence-electron chi connectivity index (χ2n) is 5.55. The molecule has 0 radical (unpaired) electrons. The molecule has 0 bridgehead atoms. The molecule has 3 rings (SSSR count). The van der Waals surface area contributed by atoms with Crippen LogP contribution in [0.25, 0.3) is 0 Å². The Morgan fingerprint density at radius 1 is 1.17 bits per heavy atom. The molecule has 2 N–H and O–H groups in total. The van der Waals surface area contributed by atoms with Gasteiger partial charge in [0.15, 0.2) is 11.5 Å². The van der Waals surface area contributed by atoms with Gasteiger partial charge in [-0.15, -0.1) is 0 Å². The lowest BCUT2D eigenvalue weighted by atomic mass is 10.1. The van der Waals surface area contributed by atoms with Crippen LogP contribution in [0.4, 0.5) is 5.69 Å². The van der Waals surface area contributed by atoms with Crippen molar-refractivity contribution in [1.29, 1.82) is 0 Å². The number of benzene rings is 2. The number of fused-ring (bicyclic) bond motifs is 1. The summed E-state index contributed by atoms with van der Waals surface area (Å²) < 4.78 is 12.1. The molecule has 24 heavy (non-hydrogen) atoms. The number of carboxylic acid groups (broad SMARTS) is 1. The Morgan fingerprint density at radius 3 is 2.83 bits per heavy atom. The van der Waals surface area contributed by atoms with Gasteiger partial charge in [-0.25, -0.2) is 0 Å². The second kappa shape index (κ2) is 7.57. The maximum absolute atomic E-state index is 10.7. The Labute approximate surface area is 148 Å². The molecule has 0 saturated heterocycles. The van der Waals surface area contributed by atoms with E-state index in [0.29, 0.717) is 26.2 Å². The first kappa shape index (κ1) is 16.6. The summed E-state index contributed by atoms with van der Waals surface area (Å²) >= 11 is 3.52. The molecule has 0 atom stereocenters. The maximum Gasteiger partial charge on any atom is 0.303 e. The third-order valence-corrected chi connectivity index (χ3v) is 4.30. The highest BCUT2D eigenvalue weighted by atomic mass is 79.9. The minimum Gasteiger partial charge on any atom is -0.486 e. The summed E-state index contributed by atoms with van der Waals surface area (Å²) in [5.74, 6) is 0.720. The van der Waals surface area contributed by atoms with Crippen molar-refractivity contribution in [3.05, 3.63) is 52.0 Å². The fourth-order valence-corrected chi connectivity index (χ4v) is 3.16. The highest BCUT2D eigenvalue weighted by Crippen LogP contribution is 2.38. The number of nitrogens with one attached hydrogen (secondary N) is 1. The van der Waals surface area contributed by atoms with Crippen molar-refractivity contribution in [1.82, 2.24) is 0 Å². The normalized spacial score (nSPS) is 12.7. The minimum absolute atomic E-state index is 0.137. The lowest BCUT2D eigenvalue weighted by Gasteiger charge is -2.20. The van der Waals surface area contributed by atoms with Gasteiger partial charge >= 0.3 is 5.97 Å². The van der Waals surface area contributed by atoms with Crippen LogP contribution in [0.1, 0.15) is 17.5 Å². The first-order valence-corrected chi connectivity index (χ1v) is 8.54. The smallest absolute Gasteiger partial charge is 0.303 e. The number of ether oxygens (including phenoxy) is 2. The number of rotatable bonds is 6. The molecular weight excluding hydrogens is 374 g/mol. The summed E-state index contributed by atoms with van der Waals surface area (Å²) in [7, 11) is 0. The summed E-state index contributed by atoms with van der Waals surface area (Å²) in [5.41, 5.74) is 3.04. The SMILES string of the molecule is O=C(O)CCc1cccc(NCc2cc(Br)c3c(c2)OCCO3)c1. The highest BCUT2D eigenvalue weighted by Gasteiger charge is 2.16. The third kappa shape index (κ3) is 4.20. The van der Waals surface area contributed by atoms with Gasteiger partial charge in [-0.1, -0.05) is 12.1 Å². The van der Waals surface area contributed by atoms with Gasteiger partial charge < -0.3 is 19.9 Å². The first-order valence-electron chi connectivity index (χ1n) is 7.74. The van der Waals surface area contributed by atoms with E-state index in [1.54, 1.807) is 0 Å². The molecule has 2 aromatic carbocycles. The lowest BCUT2D eigenvalue weighted by molar-refractivity contribution is -0.136. The van der Waals surface area contributed by atoms with Crippen LogP contribution in [-0.2, 0) is 17.8 Å². The Kier molecular flexibility index (Phi) is 5.25. The molecule has 6 heteroatoms. The molecule has 0 fully saturated rings. The average molecular weight is 392 g/mol. The topological polar surface area (TPSA) is 67.8 Å². The van der Waals surface area contributed by atoms with Crippen LogP contribution >= 0.6 is 15.9 Å². The average Bonchev–Trinajstić information content (AvgIpc) is 2.59. The van der Waals surface area contributed by atoms with Crippen molar-refractivity contribution < 1.29 is 19.4 Å². The number of carboxylic acids is 1. The zero-order valence-corrected chi connectivity index (χ0v) is 14.6. The van der Waals surface area contributed by atoms with E-state index < -0.39 is 5.97 Å². The zero-order chi connectivity index (χ0) is 16.9. The summed E-state index contributed by atoms with van der Waals surface area (Å²) in [6.07, 6.45) is 0.666. The molecule has 0 aliphatic carbocycles. The largest absolute Gasteiger partial charge is 0.486 e.